The maximum Gasteiger partial charge on any atom is 0.225 e. The fourth-order valence-corrected chi connectivity index (χ4v) is 6.41. The molecule has 1 aromatic carbocycles. The lowest BCUT2D eigenvalue weighted by Crippen LogP contribution is -2.44. The highest BCUT2D eigenvalue weighted by Gasteiger charge is 2.35. The Bertz CT molecular complexity index is 766. The number of hydrogen-bond acceptors (Lipinski definition) is 5. The number of carbonyl (C=O) groups is 1. The Morgan fingerprint density at radius 2 is 1.66 bits per heavy atom. The van der Waals surface area contributed by atoms with Crippen LogP contribution in [0.4, 0.5) is 0 Å². The normalized spacial score (nSPS) is 22.8. The van der Waals surface area contributed by atoms with E-state index in [2.05, 4.69) is 29.2 Å². The quantitative estimate of drug-likeness (QED) is 0.290. The Morgan fingerprint density at radius 1 is 0.971 bits per heavy atom. The molecule has 2 unspecified atom stereocenters. The number of ether oxygens (including phenoxy) is 3. The highest BCUT2D eigenvalue weighted by Crippen LogP contribution is 2.37. The lowest BCUT2D eigenvalue weighted by Gasteiger charge is -2.31. The average molecular weight is 487 g/mol. The molecule has 0 spiro atoms. The smallest absolute Gasteiger partial charge is 0.225 e. The molecule has 3 fully saturated rings. The lowest BCUT2D eigenvalue weighted by atomic mass is 10.0. The van der Waals surface area contributed by atoms with E-state index in [0.717, 1.165) is 37.5 Å². The van der Waals surface area contributed by atoms with Crippen molar-refractivity contribution in [2.45, 2.75) is 76.5 Å². The topological polar surface area (TPSA) is 51.2 Å². The first kappa shape index (κ1) is 26.6. The number of rotatable bonds is 14. The number of carbonyl (C=O) groups excluding carboxylic acids is 1. The SMILES string of the molecule is COC(CN(C(=O)CCOCCc1cccc(CCN2CC3CCCC3C2)c1)C1CCCC1)OC. The number of likely N-dealkylation sites (tertiary alicyclic amines) is 1. The van der Waals surface area contributed by atoms with E-state index in [1.54, 1.807) is 14.2 Å². The molecule has 1 amide bonds. The number of methoxy groups -OCH3 is 2. The van der Waals surface area contributed by atoms with Gasteiger partial charge in [-0.3, -0.25) is 4.79 Å². The van der Waals surface area contributed by atoms with Crippen molar-refractivity contribution in [2.24, 2.45) is 11.8 Å². The van der Waals surface area contributed by atoms with Crippen LogP contribution in [0.1, 0.15) is 62.5 Å². The minimum absolute atomic E-state index is 0.143. The molecule has 1 heterocycles. The average Bonchev–Trinajstić information content (AvgIpc) is 3.62. The Kier molecular flexibility index (Phi) is 10.4. The summed E-state index contributed by atoms with van der Waals surface area (Å²) in [7, 11) is 3.25. The molecule has 6 heteroatoms. The molecule has 2 saturated carbocycles. The van der Waals surface area contributed by atoms with Crippen LogP contribution in [0.25, 0.3) is 0 Å². The number of nitrogens with zero attached hydrogens (tertiary/aromatic N) is 2. The molecule has 1 aromatic rings. The van der Waals surface area contributed by atoms with Crippen molar-refractivity contribution >= 4 is 5.91 Å². The zero-order chi connectivity index (χ0) is 24.5. The highest BCUT2D eigenvalue weighted by atomic mass is 16.7. The summed E-state index contributed by atoms with van der Waals surface area (Å²) < 4.78 is 16.6. The van der Waals surface area contributed by atoms with Crippen LogP contribution in [0.3, 0.4) is 0 Å². The Labute approximate surface area is 212 Å². The van der Waals surface area contributed by atoms with Crippen LogP contribution in [-0.4, -0.2) is 81.7 Å². The Hall–Kier alpha value is -1.47. The van der Waals surface area contributed by atoms with Crippen molar-refractivity contribution < 1.29 is 19.0 Å². The Balaban J connectivity index is 1.15. The molecule has 2 atom stereocenters. The van der Waals surface area contributed by atoms with E-state index in [4.69, 9.17) is 14.2 Å². The fourth-order valence-electron chi connectivity index (χ4n) is 6.41. The van der Waals surface area contributed by atoms with E-state index < -0.39 is 0 Å². The fraction of sp³-hybridized carbons (Fsp3) is 0.759. The first-order valence-electron chi connectivity index (χ1n) is 13.9. The van der Waals surface area contributed by atoms with E-state index in [9.17, 15) is 4.79 Å². The van der Waals surface area contributed by atoms with E-state index in [-0.39, 0.29) is 12.2 Å². The molecule has 1 aliphatic heterocycles. The van der Waals surface area contributed by atoms with E-state index >= 15 is 0 Å². The zero-order valence-electron chi connectivity index (χ0n) is 22.0. The number of fused-ring (bicyclic) bond motifs is 1. The van der Waals surface area contributed by atoms with Gasteiger partial charge in [-0.25, -0.2) is 0 Å². The van der Waals surface area contributed by atoms with Gasteiger partial charge in [-0.2, -0.15) is 0 Å². The second-order valence-electron chi connectivity index (χ2n) is 10.8. The van der Waals surface area contributed by atoms with Gasteiger partial charge in [0.2, 0.25) is 5.91 Å². The molecular formula is C29H46N2O4. The van der Waals surface area contributed by atoms with Gasteiger partial charge in [0.25, 0.3) is 0 Å². The predicted molar refractivity (Wildman–Crippen MR) is 138 cm³/mol. The summed E-state index contributed by atoms with van der Waals surface area (Å²) in [5, 5.41) is 0. The standard InChI is InChI=1S/C29H46N2O4/c1-33-29(34-2)22-31(27-11-3-4-12-27)28(32)15-18-35-17-14-24-8-5-7-23(19-24)13-16-30-20-25-9-6-10-26(25)21-30/h5,7-8,19,25-27,29H,3-4,6,9-18,20-22H2,1-2H3. The summed E-state index contributed by atoms with van der Waals surface area (Å²) in [4.78, 5) is 17.6. The van der Waals surface area contributed by atoms with Crippen LogP contribution < -0.4 is 0 Å². The molecule has 0 bridgehead atoms. The number of hydrogen-bond donors (Lipinski definition) is 0. The van der Waals surface area contributed by atoms with Gasteiger partial charge in [-0.15, -0.1) is 0 Å². The Morgan fingerprint density at radius 3 is 2.34 bits per heavy atom. The van der Waals surface area contributed by atoms with E-state index in [0.29, 0.717) is 32.2 Å². The molecule has 1 saturated heterocycles. The molecule has 35 heavy (non-hydrogen) atoms. The first-order chi connectivity index (χ1) is 17.2. The second kappa shape index (κ2) is 13.7. The molecule has 0 N–H and O–H groups in total. The van der Waals surface area contributed by atoms with Crippen molar-refractivity contribution in [3.05, 3.63) is 35.4 Å². The van der Waals surface area contributed by atoms with E-state index in [1.165, 1.54) is 62.9 Å². The second-order valence-corrected chi connectivity index (χ2v) is 10.8. The zero-order valence-corrected chi connectivity index (χ0v) is 22.0. The molecular weight excluding hydrogens is 440 g/mol. The monoisotopic (exact) mass is 486 g/mol. The summed E-state index contributed by atoms with van der Waals surface area (Å²) in [6, 6.07) is 9.26. The predicted octanol–water partition coefficient (Wildman–Crippen LogP) is 4.30. The molecule has 0 radical (unpaired) electrons. The van der Waals surface area contributed by atoms with Crippen LogP contribution in [0.5, 0.6) is 0 Å². The van der Waals surface area contributed by atoms with Crippen molar-refractivity contribution in [1.82, 2.24) is 9.80 Å². The third-order valence-electron chi connectivity index (χ3n) is 8.46. The molecule has 0 aromatic heterocycles. The summed E-state index contributed by atoms with van der Waals surface area (Å²) in [5.41, 5.74) is 2.75. The van der Waals surface area contributed by atoms with Crippen LogP contribution in [0, 0.1) is 11.8 Å². The minimum atomic E-state index is -0.377. The van der Waals surface area contributed by atoms with Crippen LogP contribution in [0.15, 0.2) is 24.3 Å². The van der Waals surface area contributed by atoms with Crippen molar-refractivity contribution in [3.63, 3.8) is 0 Å². The van der Waals surface area contributed by atoms with Crippen LogP contribution in [0.2, 0.25) is 0 Å². The van der Waals surface area contributed by atoms with E-state index in [1.807, 2.05) is 4.90 Å². The van der Waals surface area contributed by atoms with Crippen LogP contribution in [-0.2, 0) is 31.8 Å². The van der Waals surface area contributed by atoms with Crippen molar-refractivity contribution in [3.8, 4) is 0 Å². The van der Waals surface area contributed by atoms with Crippen molar-refractivity contribution in [1.29, 1.82) is 0 Å². The van der Waals surface area contributed by atoms with Crippen LogP contribution >= 0.6 is 0 Å². The summed E-state index contributed by atoms with van der Waals surface area (Å²) in [6.07, 6.45) is 10.9. The highest BCUT2D eigenvalue weighted by molar-refractivity contribution is 5.76. The molecule has 2 aliphatic carbocycles. The van der Waals surface area contributed by atoms with Gasteiger partial charge in [0.05, 0.1) is 26.2 Å². The summed E-state index contributed by atoms with van der Waals surface area (Å²) in [5.74, 6) is 2.08. The van der Waals surface area contributed by atoms with Gasteiger partial charge in [0.1, 0.15) is 0 Å². The van der Waals surface area contributed by atoms with Gasteiger partial charge in [0.15, 0.2) is 6.29 Å². The number of benzene rings is 1. The lowest BCUT2D eigenvalue weighted by molar-refractivity contribution is -0.150. The molecule has 3 aliphatic rings. The largest absolute Gasteiger partial charge is 0.381 e. The maximum absolute atomic E-state index is 13.0. The summed E-state index contributed by atoms with van der Waals surface area (Å²) in [6.45, 7) is 5.40. The third kappa shape index (κ3) is 7.75. The van der Waals surface area contributed by atoms with Gasteiger partial charge >= 0.3 is 0 Å². The summed E-state index contributed by atoms with van der Waals surface area (Å²) >= 11 is 0. The number of amides is 1. The molecule has 4 rings (SSSR count). The first-order valence-corrected chi connectivity index (χ1v) is 13.9. The van der Waals surface area contributed by atoms with Crippen molar-refractivity contribution in [2.75, 3.05) is 53.6 Å². The van der Waals surface area contributed by atoms with Gasteiger partial charge in [-0.05, 0) is 61.5 Å². The molecule has 196 valence electrons. The van der Waals surface area contributed by atoms with Gasteiger partial charge in [0, 0.05) is 39.9 Å². The molecule has 6 nitrogen and oxygen atoms in total. The maximum atomic E-state index is 13.0. The van der Waals surface area contributed by atoms with Gasteiger partial charge in [-0.1, -0.05) is 43.5 Å². The third-order valence-corrected chi connectivity index (χ3v) is 8.46. The van der Waals surface area contributed by atoms with Gasteiger partial charge < -0.3 is 24.0 Å². The minimum Gasteiger partial charge on any atom is -0.381 e.